The molecule has 0 aromatic heterocycles. The minimum absolute atomic E-state index is 0.0634. The molecular formula is C40H29N. The highest BCUT2D eigenvalue weighted by atomic mass is 14.6. The second kappa shape index (κ2) is 7.65. The summed E-state index contributed by atoms with van der Waals surface area (Å²) in [6.07, 6.45) is 0. The molecule has 1 heteroatoms. The van der Waals surface area contributed by atoms with Gasteiger partial charge in [-0.15, -0.1) is 0 Å². The summed E-state index contributed by atoms with van der Waals surface area (Å²) in [7, 11) is 0. The molecule has 0 unspecified atom stereocenters. The molecule has 0 fully saturated rings. The SMILES string of the molecule is CC1(C)c2ccccc2-c2ccc(-c3ccc(N)c4c3C3(c5ccccc5-c5ccccc53)c3ccccc3-4)cc21. The fourth-order valence-electron chi connectivity index (χ4n) is 8.37. The smallest absolute Gasteiger partial charge is 0.0732 e. The van der Waals surface area contributed by atoms with Gasteiger partial charge in [0.2, 0.25) is 0 Å². The first-order chi connectivity index (χ1) is 20.0. The molecule has 6 aromatic carbocycles. The standard InChI is InChI=1S/C40H29N/c1-39(2)31-15-7-3-11-26(31)29-20-19-24(23-35(29)39)25-21-22-36(41)37-30-14-6-10-18-34(30)40(38(25)37)32-16-8-4-12-27(32)28-13-5-9-17-33(28)40/h3-23H,41H2,1-2H3. The topological polar surface area (TPSA) is 26.0 Å². The summed E-state index contributed by atoms with van der Waals surface area (Å²) in [5.41, 5.74) is 25.6. The Morgan fingerprint density at radius 2 is 0.902 bits per heavy atom. The Morgan fingerprint density at radius 3 is 1.54 bits per heavy atom. The first kappa shape index (κ1) is 22.9. The molecule has 6 aromatic rings. The van der Waals surface area contributed by atoms with Crippen LogP contribution in [0.25, 0.3) is 44.5 Å². The van der Waals surface area contributed by atoms with Gasteiger partial charge < -0.3 is 5.73 Å². The van der Waals surface area contributed by atoms with Crippen LogP contribution in [0.5, 0.6) is 0 Å². The third-order valence-corrected chi connectivity index (χ3v) is 10.1. The van der Waals surface area contributed by atoms with Crippen molar-refractivity contribution in [2.45, 2.75) is 24.7 Å². The van der Waals surface area contributed by atoms with Gasteiger partial charge in [-0.3, -0.25) is 0 Å². The summed E-state index contributed by atoms with van der Waals surface area (Å²) >= 11 is 0. The maximum absolute atomic E-state index is 6.92. The van der Waals surface area contributed by atoms with Gasteiger partial charge in [-0.1, -0.05) is 129 Å². The van der Waals surface area contributed by atoms with Crippen molar-refractivity contribution in [3.63, 3.8) is 0 Å². The van der Waals surface area contributed by atoms with E-state index in [0.717, 1.165) is 5.69 Å². The number of benzene rings is 6. The molecule has 0 heterocycles. The number of anilines is 1. The van der Waals surface area contributed by atoms with Gasteiger partial charge in [0.15, 0.2) is 0 Å². The highest BCUT2D eigenvalue weighted by Gasteiger charge is 2.53. The Bertz CT molecular complexity index is 2050. The van der Waals surface area contributed by atoms with Crippen LogP contribution in [0.1, 0.15) is 47.2 Å². The van der Waals surface area contributed by atoms with E-state index in [0.29, 0.717) is 0 Å². The van der Waals surface area contributed by atoms with Crippen molar-refractivity contribution >= 4 is 5.69 Å². The molecule has 3 aliphatic rings. The van der Waals surface area contributed by atoms with Crippen LogP contribution in [0.2, 0.25) is 0 Å². The molecule has 9 rings (SSSR count). The fourth-order valence-corrected chi connectivity index (χ4v) is 8.37. The van der Waals surface area contributed by atoms with Crippen LogP contribution < -0.4 is 5.73 Å². The van der Waals surface area contributed by atoms with E-state index in [-0.39, 0.29) is 5.41 Å². The molecule has 0 saturated heterocycles. The monoisotopic (exact) mass is 523 g/mol. The third kappa shape index (κ3) is 2.63. The predicted molar refractivity (Wildman–Crippen MR) is 170 cm³/mol. The number of nitrogens with two attached hydrogens (primary N) is 1. The van der Waals surface area contributed by atoms with E-state index < -0.39 is 5.41 Å². The van der Waals surface area contributed by atoms with Gasteiger partial charge in [0, 0.05) is 16.7 Å². The Kier molecular flexibility index (Phi) is 4.27. The lowest BCUT2D eigenvalue weighted by Gasteiger charge is -2.32. The highest BCUT2D eigenvalue weighted by Crippen LogP contribution is 2.65. The Labute approximate surface area is 240 Å². The van der Waals surface area contributed by atoms with Crippen LogP contribution in [-0.2, 0) is 10.8 Å². The van der Waals surface area contributed by atoms with Gasteiger partial charge in [-0.25, -0.2) is 0 Å². The molecule has 0 atom stereocenters. The molecule has 0 aliphatic heterocycles. The van der Waals surface area contributed by atoms with Crippen LogP contribution >= 0.6 is 0 Å². The highest BCUT2D eigenvalue weighted by molar-refractivity contribution is 6.02. The van der Waals surface area contributed by atoms with E-state index in [1.54, 1.807) is 0 Å². The molecule has 0 saturated carbocycles. The summed E-state index contributed by atoms with van der Waals surface area (Å²) in [6.45, 7) is 4.71. The van der Waals surface area contributed by atoms with Crippen LogP contribution in [0.4, 0.5) is 5.69 Å². The molecule has 1 nitrogen and oxygen atoms in total. The van der Waals surface area contributed by atoms with E-state index in [1.165, 1.54) is 77.9 Å². The van der Waals surface area contributed by atoms with Crippen LogP contribution in [-0.4, -0.2) is 0 Å². The minimum Gasteiger partial charge on any atom is -0.398 e. The van der Waals surface area contributed by atoms with Crippen molar-refractivity contribution in [1.29, 1.82) is 0 Å². The number of fused-ring (bicyclic) bond motifs is 13. The predicted octanol–water partition coefficient (Wildman–Crippen LogP) is 9.59. The molecule has 194 valence electrons. The van der Waals surface area contributed by atoms with Crippen molar-refractivity contribution in [2.75, 3.05) is 5.73 Å². The zero-order valence-electron chi connectivity index (χ0n) is 23.2. The van der Waals surface area contributed by atoms with Crippen molar-refractivity contribution in [3.05, 3.63) is 161 Å². The zero-order chi connectivity index (χ0) is 27.5. The molecule has 0 amide bonds. The average molecular weight is 524 g/mol. The van der Waals surface area contributed by atoms with E-state index in [1.807, 2.05) is 0 Å². The zero-order valence-corrected chi connectivity index (χ0v) is 23.2. The lowest BCUT2D eigenvalue weighted by atomic mass is 9.68. The summed E-state index contributed by atoms with van der Waals surface area (Å²) in [5, 5.41) is 0. The van der Waals surface area contributed by atoms with Gasteiger partial charge in [-0.2, -0.15) is 0 Å². The van der Waals surface area contributed by atoms with Crippen LogP contribution in [0.15, 0.2) is 127 Å². The lowest BCUT2D eigenvalue weighted by Crippen LogP contribution is -2.26. The lowest BCUT2D eigenvalue weighted by molar-refractivity contribution is 0.660. The third-order valence-electron chi connectivity index (χ3n) is 10.1. The van der Waals surface area contributed by atoms with Gasteiger partial charge in [0.1, 0.15) is 0 Å². The molecule has 41 heavy (non-hydrogen) atoms. The molecule has 0 bridgehead atoms. The van der Waals surface area contributed by atoms with Gasteiger partial charge in [0.05, 0.1) is 5.41 Å². The van der Waals surface area contributed by atoms with Crippen LogP contribution in [0.3, 0.4) is 0 Å². The van der Waals surface area contributed by atoms with Gasteiger partial charge in [0.25, 0.3) is 0 Å². The largest absolute Gasteiger partial charge is 0.398 e. The van der Waals surface area contributed by atoms with Crippen LogP contribution in [0, 0.1) is 0 Å². The second-order valence-electron chi connectivity index (χ2n) is 12.3. The van der Waals surface area contributed by atoms with E-state index in [2.05, 4.69) is 141 Å². The van der Waals surface area contributed by atoms with E-state index in [9.17, 15) is 0 Å². The average Bonchev–Trinajstić information content (AvgIpc) is 3.57. The Morgan fingerprint density at radius 1 is 0.439 bits per heavy atom. The second-order valence-corrected chi connectivity index (χ2v) is 12.3. The molecule has 0 radical (unpaired) electrons. The van der Waals surface area contributed by atoms with Gasteiger partial charge >= 0.3 is 0 Å². The molecule has 3 aliphatic carbocycles. The summed E-state index contributed by atoms with van der Waals surface area (Å²) in [4.78, 5) is 0. The summed E-state index contributed by atoms with van der Waals surface area (Å²) in [5.74, 6) is 0. The van der Waals surface area contributed by atoms with Crippen molar-refractivity contribution in [3.8, 4) is 44.5 Å². The number of hydrogen-bond donors (Lipinski definition) is 1. The van der Waals surface area contributed by atoms with Gasteiger partial charge in [-0.05, 0) is 84.5 Å². The number of nitrogen functional groups attached to an aromatic ring is 1. The molecule has 1 spiro atoms. The summed E-state index contributed by atoms with van der Waals surface area (Å²) < 4.78 is 0. The van der Waals surface area contributed by atoms with Crippen molar-refractivity contribution < 1.29 is 0 Å². The maximum atomic E-state index is 6.92. The number of hydrogen-bond acceptors (Lipinski definition) is 1. The summed E-state index contributed by atoms with van der Waals surface area (Å²) in [6, 6.07) is 47.2. The maximum Gasteiger partial charge on any atom is 0.0732 e. The quantitative estimate of drug-likeness (QED) is 0.213. The Hall–Kier alpha value is -4.88. The molecule has 2 N–H and O–H groups in total. The van der Waals surface area contributed by atoms with Crippen molar-refractivity contribution in [1.82, 2.24) is 0 Å². The minimum atomic E-state index is -0.429. The first-order valence-corrected chi connectivity index (χ1v) is 14.5. The van der Waals surface area contributed by atoms with Crippen molar-refractivity contribution in [2.24, 2.45) is 0 Å². The Balaban J connectivity index is 1.40. The first-order valence-electron chi connectivity index (χ1n) is 14.5. The van der Waals surface area contributed by atoms with E-state index >= 15 is 0 Å². The van der Waals surface area contributed by atoms with E-state index in [4.69, 9.17) is 5.73 Å². The fraction of sp³-hybridized carbons (Fsp3) is 0.100. The number of rotatable bonds is 1. The molecular weight excluding hydrogens is 494 g/mol. The normalized spacial score (nSPS) is 15.6.